The van der Waals surface area contributed by atoms with E-state index in [-0.39, 0.29) is 11.7 Å². The van der Waals surface area contributed by atoms with E-state index in [0.29, 0.717) is 40.7 Å². The van der Waals surface area contributed by atoms with E-state index in [2.05, 4.69) is 36.6 Å². The maximum Gasteiger partial charge on any atom is 0.251 e. The Balaban J connectivity index is 1.35. The Kier molecular flexibility index (Phi) is 5.61. The van der Waals surface area contributed by atoms with Crippen molar-refractivity contribution in [3.63, 3.8) is 0 Å². The van der Waals surface area contributed by atoms with E-state index in [0.717, 1.165) is 16.6 Å². The van der Waals surface area contributed by atoms with Crippen molar-refractivity contribution in [2.45, 2.75) is 19.4 Å². The van der Waals surface area contributed by atoms with Crippen molar-refractivity contribution in [2.75, 3.05) is 11.9 Å². The molecule has 2 aromatic carbocycles. The van der Waals surface area contributed by atoms with Crippen molar-refractivity contribution in [3.8, 4) is 11.3 Å². The maximum atomic E-state index is 14.4. The fraction of sp³-hybridized carbons (Fsp3) is 0.208. The van der Waals surface area contributed by atoms with Gasteiger partial charge < -0.3 is 10.6 Å². The van der Waals surface area contributed by atoms with Crippen molar-refractivity contribution in [1.82, 2.24) is 19.9 Å². The van der Waals surface area contributed by atoms with Gasteiger partial charge >= 0.3 is 0 Å². The highest BCUT2D eigenvalue weighted by Crippen LogP contribution is 2.28. The van der Waals surface area contributed by atoms with Crippen LogP contribution in [-0.4, -0.2) is 27.0 Å². The number of rotatable bonds is 7. The molecule has 2 aromatic heterocycles. The summed E-state index contributed by atoms with van der Waals surface area (Å²) in [5.41, 5.74) is 3.19. The van der Waals surface area contributed by atoms with E-state index < -0.39 is 0 Å². The van der Waals surface area contributed by atoms with Crippen LogP contribution in [0.5, 0.6) is 0 Å². The average Bonchev–Trinajstić information content (AvgIpc) is 3.58. The van der Waals surface area contributed by atoms with Gasteiger partial charge in [-0.05, 0) is 64.5 Å². The van der Waals surface area contributed by atoms with Gasteiger partial charge in [-0.3, -0.25) is 4.79 Å². The van der Waals surface area contributed by atoms with Gasteiger partial charge in [-0.1, -0.05) is 24.3 Å². The van der Waals surface area contributed by atoms with Crippen molar-refractivity contribution < 1.29 is 9.18 Å². The van der Waals surface area contributed by atoms with Gasteiger partial charge in [0, 0.05) is 30.3 Å². The summed E-state index contributed by atoms with van der Waals surface area (Å²) in [6, 6.07) is 15.9. The molecule has 0 spiro atoms. The zero-order valence-electron chi connectivity index (χ0n) is 17.2. The molecule has 1 saturated carbocycles. The first-order chi connectivity index (χ1) is 15.6. The van der Waals surface area contributed by atoms with Gasteiger partial charge in [0.1, 0.15) is 11.6 Å². The minimum absolute atomic E-state index is 0.0387. The van der Waals surface area contributed by atoms with E-state index in [4.69, 9.17) is 0 Å². The van der Waals surface area contributed by atoms with Gasteiger partial charge in [0.2, 0.25) is 0 Å². The summed E-state index contributed by atoms with van der Waals surface area (Å²) in [5.74, 6) is 0.964. The molecule has 2 N–H and O–H groups in total. The molecule has 0 unspecified atom stereocenters. The molecule has 0 radical (unpaired) electrons. The van der Waals surface area contributed by atoms with E-state index in [9.17, 15) is 9.18 Å². The van der Waals surface area contributed by atoms with E-state index in [1.165, 1.54) is 18.9 Å². The Morgan fingerprint density at radius 3 is 2.69 bits per heavy atom. The number of carbonyl (C=O) groups is 1. The number of halogens is 2. The van der Waals surface area contributed by atoms with Crippen LogP contribution in [0, 0.1) is 11.7 Å². The summed E-state index contributed by atoms with van der Waals surface area (Å²) in [7, 11) is 0. The summed E-state index contributed by atoms with van der Waals surface area (Å²) >= 11 is 3.46. The van der Waals surface area contributed by atoms with Gasteiger partial charge in [-0.2, -0.15) is 9.61 Å². The molecule has 32 heavy (non-hydrogen) atoms. The lowest BCUT2D eigenvalue weighted by atomic mass is 10.1. The van der Waals surface area contributed by atoms with Gasteiger partial charge in [-0.25, -0.2) is 9.37 Å². The monoisotopic (exact) mass is 493 g/mol. The molecule has 1 aliphatic rings. The third-order valence-electron chi connectivity index (χ3n) is 5.52. The van der Waals surface area contributed by atoms with Crippen LogP contribution in [0.3, 0.4) is 0 Å². The molecule has 5 rings (SSSR count). The fourth-order valence-electron chi connectivity index (χ4n) is 3.50. The first kappa shape index (κ1) is 20.6. The first-order valence-electron chi connectivity index (χ1n) is 10.5. The molecule has 1 amide bonds. The highest BCUT2D eigenvalue weighted by molar-refractivity contribution is 9.10. The number of nitrogens with zero attached hydrogens (tertiary/aromatic N) is 3. The molecule has 6 nitrogen and oxygen atoms in total. The Morgan fingerprint density at radius 1 is 1.16 bits per heavy atom. The van der Waals surface area contributed by atoms with Gasteiger partial charge in [0.15, 0.2) is 5.65 Å². The van der Waals surface area contributed by atoms with Crippen LogP contribution in [0.4, 0.5) is 10.2 Å². The molecule has 0 saturated heterocycles. The Morgan fingerprint density at radius 2 is 1.94 bits per heavy atom. The zero-order valence-corrected chi connectivity index (χ0v) is 18.8. The standard InChI is InChI=1S/C24H21BrFN5O/c25-19-14-29-31-22(11-21(30-23(19)31)18-3-1-2-4-20(18)26)27-12-16-7-9-17(10-8-16)24(32)28-13-15-5-6-15/h1-4,7-11,14-15,27H,5-6,12-13H2,(H,28,32). The van der Waals surface area contributed by atoms with Crippen LogP contribution >= 0.6 is 15.9 Å². The molecule has 1 aliphatic carbocycles. The number of anilines is 1. The number of amides is 1. The Bertz CT molecular complexity index is 1280. The molecule has 0 atom stereocenters. The summed E-state index contributed by atoms with van der Waals surface area (Å²) in [6.45, 7) is 1.27. The van der Waals surface area contributed by atoms with E-state index in [1.807, 2.05) is 24.3 Å². The third kappa shape index (κ3) is 4.36. The second-order valence-corrected chi connectivity index (χ2v) is 8.79. The lowest BCUT2D eigenvalue weighted by molar-refractivity contribution is 0.0952. The lowest BCUT2D eigenvalue weighted by Crippen LogP contribution is -2.25. The quantitative estimate of drug-likeness (QED) is 0.377. The second-order valence-electron chi connectivity index (χ2n) is 7.94. The van der Waals surface area contributed by atoms with E-state index in [1.54, 1.807) is 35.0 Å². The number of benzene rings is 2. The van der Waals surface area contributed by atoms with Crippen LogP contribution in [0.25, 0.3) is 16.9 Å². The molecule has 8 heteroatoms. The van der Waals surface area contributed by atoms with Gasteiger partial charge in [-0.15, -0.1) is 0 Å². The Hall–Kier alpha value is -3.26. The van der Waals surface area contributed by atoms with Gasteiger partial charge in [0.05, 0.1) is 16.4 Å². The number of aromatic nitrogens is 3. The van der Waals surface area contributed by atoms with Gasteiger partial charge in [0.25, 0.3) is 5.91 Å². The Labute approximate surface area is 193 Å². The maximum absolute atomic E-state index is 14.4. The fourth-order valence-corrected chi connectivity index (χ4v) is 3.84. The smallest absolute Gasteiger partial charge is 0.251 e. The number of hydrogen-bond acceptors (Lipinski definition) is 4. The van der Waals surface area contributed by atoms with Crippen LogP contribution in [-0.2, 0) is 6.54 Å². The molecule has 2 heterocycles. The number of fused-ring (bicyclic) bond motifs is 1. The minimum atomic E-state index is -0.332. The predicted octanol–water partition coefficient (Wildman–Crippen LogP) is 5.05. The predicted molar refractivity (Wildman–Crippen MR) is 125 cm³/mol. The first-order valence-corrected chi connectivity index (χ1v) is 11.3. The lowest BCUT2D eigenvalue weighted by Gasteiger charge is -2.12. The van der Waals surface area contributed by atoms with Crippen LogP contribution in [0.1, 0.15) is 28.8 Å². The zero-order chi connectivity index (χ0) is 22.1. The number of carbonyl (C=O) groups excluding carboxylic acids is 1. The SMILES string of the molecule is O=C(NCC1CC1)c1ccc(CNc2cc(-c3ccccc3F)nc3c(Br)cnn23)cc1. The minimum Gasteiger partial charge on any atom is -0.366 e. The molecule has 1 fully saturated rings. The van der Waals surface area contributed by atoms with E-state index >= 15 is 0 Å². The van der Waals surface area contributed by atoms with Crippen molar-refractivity contribution in [3.05, 3.63) is 82.2 Å². The molecule has 4 aromatic rings. The molecular formula is C24H21BrFN5O. The number of hydrogen-bond donors (Lipinski definition) is 2. The van der Waals surface area contributed by atoms with Crippen LogP contribution < -0.4 is 10.6 Å². The van der Waals surface area contributed by atoms with Crippen molar-refractivity contribution in [1.29, 1.82) is 0 Å². The topological polar surface area (TPSA) is 71.3 Å². The third-order valence-corrected chi connectivity index (χ3v) is 6.08. The van der Waals surface area contributed by atoms with Crippen LogP contribution in [0.2, 0.25) is 0 Å². The average molecular weight is 494 g/mol. The van der Waals surface area contributed by atoms with Crippen molar-refractivity contribution >= 4 is 33.3 Å². The normalized spacial score (nSPS) is 13.3. The summed E-state index contributed by atoms with van der Waals surface area (Å²) < 4.78 is 16.8. The summed E-state index contributed by atoms with van der Waals surface area (Å²) in [5, 5.41) is 10.7. The number of nitrogens with one attached hydrogen (secondary N) is 2. The molecule has 0 aliphatic heterocycles. The van der Waals surface area contributed by atoms with Crippen molar-refractivity contribution in [2.24, 2.45) is 5.92 Å². The highest BCUT2D eigenvalue weighted by atomic mass is 79.9. The molecular weight excluding hydrogens is 473 g/mol. The molecule has 0 bridgehead atoms. The van der Waals surface area contributed by atoms with Crippen LogP contribution in [0.15, 0.2) is 65.3 Å². The summed E-state index contributed by atoms with van der Waals surface area (Å²) in [4.78, 5) is 16.8. The molecule has 162 valence electrons. The summed E-state index contributed by atoms with van der Waals surface area (Å²) in [6.07, 6.45) is 4.07. The largest absolute Gasteiger partial charge is 0.366 e. The second kappa shape index (κ2) is 8.70. The highest BCUT2D eigenvalue weighted by Gasteiger charge is 2.21.